The summed E-state index contributed by atoms with van der Waals surface area (Å²) < 4.78 is 64.3. The van der Waals surface area contributed by atoms with E-state index in [0.717, 1.165) is 31.0 Å². The Balaban J connectivity index is 1.71. The number of nitrogens with two attached hydrogens (primary N) is 1. The highest BCUT2D eigenvalue weighted by Gasteiger charge is 2.57. The number of pyridine rings is 1. The molecule has 1 heterocycles. The van der Waals surface area contributed by atoms with E-state index >= 15 is 0 Å². The number of halogens is 5. The summed E-state index contributed by atoms with van der Waals surface area (Å²) >= 11 is 0. The maximum atomic E-state index is 13.1. The van der Waals surface area contributed by atoms with Gasteiger partial charge < -0.3 is 16.5 Å². The van der Waals surface area contributed by atoms with Crippen LogP contribution in [-0.2, 0) is 6.18 Å². The molecule has 3 atom stereocenters. The number of nitrogens with one attached hydrogen (secondary N) is 2. The van der Waals surface area contributed by atoms with E-state index in [4.69, 9.17) is 16.1 Å². The van der Waals surface area contributed by atoms with Crippen molar-refractivity contribution in [3.05, 3.63) is 23.4 Å². The first-order valence-corrected chi connectivity index (χ1v) is 10.5. The lowest BCUT2D eigenvalue weighted by molar-refractivity contribution is -0.137. The van der Waals surface area contributed by atoms with Gasteiger partial charge in [-0.15, -0.1) is 0 Å². The number of hydrogen-bond donors (Lipinski definition) is 3. The van der Waals surface area contributed by atoms with Crippen LogP contribution in [0, 0.1) is 23.2 Å². The summed E-state index contributed by atoms with van der Waals surface area (Å²) in [4.78, 5) is 8.38. The fourth-order valence-electron chi connectivity index (χ4n) is 4.53. The Morgan fingerprint density at radius 1 is 1.32 bits per heavy atom. The molecular weight excluding hydrogens is 417 g/mol. The molecule has 3 unspecified atom stereocenters. The average molecular weight is 445 g/mol. The Morgan fingerprint density at radius 3 is 2.52 bits per heavy atom. The molecular formula is C21H28F5N5. The Morgan fingerprint density at radius 2 is 1.97 bits per heavy atom. The van der Waals surface area contributed by atoms with Crippen LogP contribution >= 0.6 is 0 Å². The van der Waals surface area contributed by atoms with E-state index in [0.29, 0.717) is 11.8 Å². The summed E-state index contributed by atoms with van der Waals surface area (Å²) in [6.07, 6.45) is -3.35. The molecule has 2 saturated carbocycles. The Kier molecular flexibility index (Phi) is 6.98. The number of alkyl halides is 5. The van der Waals surface area contributed by atoms with Gasteiger partial charge in [-0.2, -0.15) is 13.2 Å². The third-order valence-electron chi connectivity index (χ3n) is 6.30. The van der Waals surface area contributed by atoms with Crippen LogP contribution in [0.2, 0.25) is 0 Å². The number of fused-ring (bicyclic) bond motifs is 1. The quantitative estimate of drug-likeness (QED) is 0.385. The molecule has 0 amide bonds. The van der Waals surface area contributed by atoms with E-state index in [-0.39, 0.29) is 42.2 Å². The van der Waals surface area contributed by atoms with Crippen LogP contribution in [0.5, 0.6) is 0 Å². The smallest absolute Gasteiger partial charge is 0.383 e. The Hall–Kier alpha value is -2.10. The molecule has 4 N–H and O–H groups in total. The standard InChI is InChI=1S/C21H28F5N5/c1-3-10(2)31-17(19-13-5-12(6-14(13)19)29-9-18(22)23)7-16(27)11-4-15(21(24,25)26)20(28)30-8-11/h4,8,10,12-14,18-19,27,29H,3,5-7,9H2,1-2H3,(H2,28,30). The van der Waals surface area contributed by atoms with Gasteiger partial charge in [0.25, 0.3) is 6.43 Å². The molecule has 0 aromatic carbocycles. The molecule has 2 aliphatic rings. The van der Waals surface area contributed by atoms with E-state index in [2.05, 4.69) is 10.3 Å². The number of nitrogen functional groups attached to an aromatic ring is 1. The first-order valence-electron chi connectivity index (χ1n) is 10.5. The van der Waals surface area contributed by atoms with Gasteiger partial charge in [0.1, 0.15) is 5.82 Å². The van der Waals surface area contributed by atoms with E-state index in [9.17, 15) is 22.0 Å². The van der Waals surface area contributed by atoms with Crippen molar-refractivity contribution in [1.29, 1.82) is 5.41 Å². The normalized spacial score (nSPS) is 26.8. The maximum Gasteiger partial charge on any atom is 0.419 e. The molecule has 0 spiro atoms. The second kappa shape index (κ2) is 9.18. The summed E-state index contributed by atoms with van der Waals surface area (Å²) in [6, 6.07) is 0.955. The van der Waals surface area contributed by atoms with E-state index in [1.807, 2.05) is 13.8 Å². The summed E-state index contributed by atoms with van der Waals surface area (Å²) in [5, 5.41) is 11.3. The molecule has 2 aliphatic carbocycles. The number of rotatable bonds is 9. The maximum absolute atomic E-state index is 13.1. The zero-order chi connectivity index (χ0) is 22.9. The summed E-state index contributed by atoms with van der Waals surface area (Å²) in [7, 11) is 0. The highest BCUT2D eigenvalue weighted by molar-refractivity contribution is 6.12. The zero-order valence-corrected chi connectivity index (χ0v) is 17.5. The Labute approximate surface area is 178 Å². The lowest BCUT2D eigenvalue weighted by Gasteiger charge is -2.18. The largest absolute Gasteiger partial charge is 0.419 e. The summed E-state index contributed by atoms with van der Waals surface area (Å²) in [5.41, 5.74) is 5.20. The minimum Gasteiger partial charge on any atom is -0.383 e. The minimum atomic E-state index is -4.64. The third kappa shape index (κ3) is 5.58. The van der Waals surface area contributed by atoms with Crippen LogP contribution in [-0.4, -0.2) is 41.5 Å². The van der Waals surface area contributed by atoms with Gasteiger partial charge in [-0.25, -0.2) is 13.8 Å². The summed E-state index contributed by atoms with van der Waals surface area (Å²) in [5.74, 6) is 0.182. The number of aromatic nitrogens is 1. The number of hydrogen-bond acceptors (Lipinski definition) is 5. The van der Waals surface area contributed by atoms with Crippen LogP contribution in [0.15, 0.2) is 17.3 Å². The molecule has 0 saturated heterocycles. The number of nitrogens with zero attached hydrogens (tertiary/aromatic N) is 2. The molecule has 3 rings (SSSR count). The molecule has 2 fully saturated rings. The van der Waals surface area contributed by atoms with Crippen molar-refractivity contribution in [1.82, 2.24) is 10.3 Å². The molecule has 10 heteroatoms. The van der Waals surface area contributed by atoms with Crippen LogP contribution in [0.3, 0.4) is 0 Å². The lowest BCUT2D eigenvalue weighted by atomic mass is 9.97. The van der Waals surface area contributed by atoms with Gasteiger partial charge in [0.05, 0.1) is 12.1 Å². The van der Waals surface area contributed by atoms with Gasteiger partial charge in [-0.05, 0) is 44.1 Å². The first kappa shape index (κ1) is 23.6. The predicted molar refractivity (Wildman–Crippen MR) is 110 cm³/mol. The van der Waals surface area contributed by atoms with E-state index < -0.39 is 24.0 Å². The third-order valence-corrected chi connectivity index (χ3v) is 6.30. The van der Waals surface area contributed by atoms with Crippen molar-refractivity contribution in [2.45, 2.75) is 64.2 Å². The van der Waals surface area contributed by atoms with Crippen molar-refractivity contribution in [3.8, 4) is 0 Å². The highest BCUT2D eigenvalue weighted by atomic mass is 19.4. The van der Waals surface area contributed by atoms with Gasteiger partial charge in [0, 0.05) is 47.6 Å². The molecule has 1 aromatic rings. The van der Waals surface area contributed by atoms with Gasteiger partial charge in [0.2, 0.25) is 0 Å². The van der Waals surface area contributed by atoms with Gasteiger partial charge in [0.15, 0.2) is 0 Å². The van der Waals surface area contributed by atoms with Gasteiger partial charge >= 0.3 is 6.18 Å². The van der Waals surface area contributed by atoms with Crippen molar-refractivity contribution >= 4 is 17.2 Å². The second-order valence-corrected chi connectivity index (χ2v) is 8.51. The van der Waals surface area contributed by atoms with Gasteiger partial charge in [-0.3, -0.25) is 4.99 Å². The molecule has 172 valence electrons. The van der Waals surface area contributed by atoms with Crippen LogP contribution in [0.25, 0.3) is 0 Å². The fraction of sp³-hybridized carbons (Fsp3) is 0.667. The molecule has 0 aliphatic heterocycles. The minimum absolute atomic E-state index is 0.0115. The van der Waals surface area contributed by atoms with Crippen molar-refractivity contribution in [2.24, 2.45) is 22.7 Å². The predicted octanol–water partition coefficient (Wildman–Crippen LogP) is 4.56. The molecule has 0 radical (unpaired) electrons. The fourth-order valence-corrected chi connectivity index (χ4v) is 4.53. The van der Waals surface area contributed by atoms with Crippen molar-refractivity contribution in [2.75, 3.05) is 12.3 Å². The summed E-state index contributed by atoms with van der Waals surface area (Å²) in [6.45, 7) is 3.63. The lowest BCUT2D eigenvalue weighted by Crippen LogP contribution is -2.33. The van der Waals surface area contributed by atoms with Crippen molar-refractivity contribution in [3.63, 3.8) is 0 Å². The Bertz CT molecular complexity index is 826. The van der Waals surface area contributed by atoms with Crippen LogP contribution < -0.4 is 11.1 Å². The van der Waals surface area contributed by atoms with E-state index in [1.165, 1.54) is 6.20 Å². The van der Waals surface area contributed by atoms with Crippen LogP contribution in [0.4, 0.5) is 27.8 Å². The first-order chi connectivity index (χ1) is 14.5. The topological polar surface area (TPSA) is 87.2 Å². The molecule has 0 bridgehead atoms. The second-order valence-electron chi connectivity index (χ2n) is 8.51. The monoisotopic (exact) mass is 445 g/mol. The van der Waals surface area contributed by atoms with Crippen LogP contribution in [0.1, 0.15) is 50.7 Å². The SMILES string of the molecule is CCC(C)N=C(CC(=N)c1cnc(N)c(C(F)(F)F)c1)C1C2CC(NCC(F)F)CC21. The highest BCUT2D eigenvalue weighted by Crippen LogP contribution is 2.58. The average Bonchev–Trinajstić information content (AvgIpc) is 3.18. The number of anilines is 1. The molecule has 31 heavy (non-hydrogen) atoms. The molecule has 1 aromatic heterocycles. The zero-order valence-electron chi connectivity index (χ0n) is 17.5. The van der Waals surface area contributed by atoms with Gasteiger partial charge in [-0.1, -0.05) is 6.92 Å². The van der Waals surface area contributed by atoms with Crippen molar-refractivity contribution < 1.29 is 22.0 Å². The van der Waals surface area contributed by atoms with E-state index in [1.54, 1.807) is 0 Å². The molecule has 5 nitrogen and oxygen atoms in total. The number of aliphatic imine (C=N–C) groups is 1.